The second-order valence-corrected chi connectivity index (χ2v) is 9.18. The summed E-state index contributed by atoms with van der Waals surface area (Å²) in [7, 11) is 0. The Labute approximate surface area is 183 Å². The van der Waals surface area contributed by atoms with Gasteiger partial charge in [-0.05, 0) is 62.5 Å². The first-order chi connectivity index (χ1) is 15.2. The van der Waals surface area contributed by atoms with Crippen molar-refractivity contribution in [2.24, 2.45) is 0 Å². The molecule has 0 spiro atoms. The summed E-state index contributed by atoms with van der Waals surface area (Å²) in [5.41, 5.74) is 3.65. The van der Waals surface area contributed by atoms with Crippen molar-refractivity contribution < 1.29 is 9.90 Å². The number of rotatable bonds is 5. The molecular formula is C26H31N3O2. The lowest BCUT2D eigenvalue weighted by molar-refractivity contribution is 0.0697. The van der Waals surface area contributed by atoms with Crippen LogP contribution in [0.25, 0.3) is 11.0 Å². The van der Waals surface area contributed by atoms with Crippen LogP contribution in [-0.2, 0) is 6.54 Å². The van der Waals surface area contributed by atoms with Crippen LogP contribution in [0.1, 0.15) is 78.7 Å². The Balaban J connectivity index is 1.41. The zero-order chi connectivity index (χ0) is 21.2. The van der Waals surface area contributed by atoms with Crippen LogP contribution in [0.15, 0.2) is 48.5 Å². The minimum atomic E-state index is -0.884. The Morgan fingerprint density at radius 3 is 2.42 bits per heavy atom. The van der Waals surface area contributed by atoms with Gasteiger partial charge in [-0.25, -0.2) is 9.78 Å². The fraction of sp³-hybridized carbons (Fsp3) is 0.462. The van der Waals surface area contributed by atoms with Crippen molar-refractivity contribution in [3.63, 3.8) is 0 Å². The van der Waals surface area contributed by atoms with Gasteiger partial charge in [0.1, 0.15) is 5.82 Å². The molecule has 1 saturated heterocycles. The van der Waals surface area contributed by atoms with E-state index in [0.29, 0.717) is 17.5 Å². The Morgan fingerprint density at radius 1 is 0.968 bits per heavy atom. The molecule has 1 saturated carbocycles. The Bertz CT molecular complexity index is 1050. The molecule has 0 unspecified atom stereocenters. The molecular weight excluding hydrogens is 386 g/mol. The Morgan fingerprint density at radius 2 is 1.71 bits per heavy atom. The number of likely N-dealkylation sites (tertiary alicyclic amines) is 1. The summed E-state index contributed by atoms with van der Waals surface area (Å²) in [4.78, 5) is 19.1. The van der Waals surface area contributed by atoms with Crippen LogP contribution in [0.3, 0.4) is 0 Å². The first-order valence-electron chi connectivity index (χ1n) is 11.7. The fourth-order valence-corrected chi connectivity index (χ4v) is 5.45. The van der Waals surface area contributed by atoms with Crippen molar-refractivity contribution in [3.05, 3.63) is 65.5 Å². The van der Waals surface area contributed by atoms with Crippen LogP contribution in [0.2, 0.25) is 0 Å². The van der Waals surface area contributed by atoms with Crippen LogP contribution in [0, 0.1) is 0 Å². The molecule has 1 aromatic heterocycles. The second-order valence-electron chi connectivity index (χ2n) is 9.18. The molecule has 0 bridgehead atoms. The molecule has 1 aliphatic heterocycles. The molecule has 0 atom stereocenters. The van der Waals surface area contributed by atoms with Gasteiger partial charge < -0.3 is 9.67 Å². The molecule has 2 heterocycles. The molecule has 2 aliphatic rings. The number of hydrogen-bond acceptors (Lipinski definition) is 3. The number of aromatic nitrogens is 2. The van der Waals surface area contributed by atoms with Gasteiger partial charge in [0.05, 0.1) is 16.6 Å². The summed E-state index contributed by atoms with van der Waals surface area (Å²) in [6.07, 6.45) is 8.47. The average molecular weight is 418 g/mol. The van der Waals surface area contributed by atoms with Crippen molar-refractivity contribution in [2.75, 3.05) is 13.1 Å². The fourth-order valence-electron chi connectivity index (χ4n) is 5.45. The molecule has 0 radical (unpaired) electrons. The molecule has 0 amide bonds. The lowest BCUT2D eigenvalue weighted by atomic mass is 9.92. The molecule has 2 aromatic carbocycles. The van der Waals surface area contributed by atoms with Gasteiger partial charge in [0, 0.05) is 18.5 Å². The van der Waals surface area contributed by atoms with Gasteiger partial charge in [0.15, 0.2) is 0 Å². The summed E-state index contributed by atoms with van der Waals surface area (Å²) < 4.78 is 2.48. The van der Waals surface area contributed by atoms with E-state index in [1.54, 1.807) is 12.1 Å². The molecule has 5 nitrogen and oxygen atoms in total. The standard InChI is InChI=1S/C26H31N3O2/c30-26(31)21-11-12-24-23(17-21)27-25(29(24)22-9-5-2-6-10-22)20-13-15-28(16-14-20)18-19-7-3-1-4-8-19/h1,3-4,7-8,11-12,17,20,22H,2,5-6,9-10,13-16,18H2,(H,30,31). The Kier molecular flexibility index (Phi) is 5.77. The van der Waals surface area contributed by atoms with Crippen molar-refractivity contribution in [3.8, 4) is 0 Å². The zero-order valence-corrected chi connectivity index (χ0v) is 18.0. The lowest BCUT2D eigenvalue weighted by Crippen LogP contribution is -2.33. The van der Waals surface area contributed by atoms with Gasteiger partial charge >= 0.3 is 5.97 Å². The van der Waals surface area contributed by atoms with E-state index in [1.807, 2.05) is 6.07 Å². The highest BCUT2D eigenvalue weighted by atomic mass is 16.4. The normalized spacial score (nSPS) is 19.1. The summed E-state index contributed by atoms with van der Waals surface area (Å²) in [6, 6.07) is 16.7. The van der Waals surface area contributed by atoms with E-state index < -0.39 is 5.97 Å². The van der Waals surface area contributed by atoms with Crippen LogP contribution in [-0.4, -0.2) is 38.6 Å². The minimum Gasteiger partial charge on any atom is -0.478 e. The van der Waals surface area contributed by atoms with Crippen molar-refractivity contribution >= 4 is 17.0 Å². The molecule has 162 valence electrons. The van der Waals surface area contributed by atoms with Crippen molar-refractivity contribution in [1.29, 1.82) is 0 Å². The topological polar surface area (TPSA) is 58.4 Å². The van der Waals surface area contributed by atoms with Gasteiger partial charge in [-0.1, -0.05) is 49.6 Å². The molecule has 5 rings (SSSR count). The number of imidazole rings is 1. The smallest absolute Gasteiger partial charge is 0.335 e. The van der Waals surface area contributed by atoms with Gasteiger partial charge in [-0.3, -0.25) is 4.90 Å². The number of fused-ring (bicyclic) bond motifs is 1. The molecule has 2 fully saturated rings. The summed E-state index contributed by atoms with van der Waals surface area (Å²) >= 11 is 0. The highest BCUT2D eigenvalue weighted by Gasteiger charge is 2.29. The molecule has 31 heavy (non-hydrogen) atoms. The SMILES string of the molecule is O=C(O)c1ccc2c(c1)nc(C1CCN(Cc3ccccc3)CC1)n2C1CCCCC1. The molecule has 1 N–H and O–H groups in total. The first kappa shape index (κ1) is 20.3. The zero-order valence-electron chi connectivity index (χ0n) is 18.0. The molecule has 5 heteroatoms. The van der Waals surface area contributed by atoms with Crippen molar-refractivity contribution in [1.82, 2.24) is 14.5 Å². The Hall–Kier alpha value is -2.66. The van der Waals surface area contributed by atoms with Gasteiger partial charge in [-0.15, -0.1) is 0 Å². The van der Waals surface area contributed by atoms with E-state index in [0.717, 1.165) is 43.5 Å². The number of hydrogen-bond donors (Lipinski definition) is 1. The quantitative estimate of drug-likeness (QED) is 0.585. The first-order valence-corrected chi connectivity index (χ1v) is 11.7. The summed E-state index contributed by atoms with van der Waals surface area (Å²) in [5, 5.41) is 9.43. The van der Waals surface area contributed by atoms with Crippen LogP contribution >= 0.6 is 0 Å². The predicted octanol–water partition coefficient (Wildman–Crippen LogP) is 5.62. The minimum absolute atomic E-state index is 0.324. The van der Waals surface area contributed by atoms with E-state index in [2.05, 4.69) is 39.8 Å². The number of piperidine rings is 1. The second kappa shape index (κ2) is 8.83. The van der Waals surface area contributed by atoms with Crippen molar-refractivity contribution in [2.45, 2.75) is 63.5 Å². The van der Waals surface area contributed by atoms with E-state index in [9.17, 15) is 9.90 Å². The number of carboxylic acid groups (broad SMARTS) is 1. The third-order valence-corrected chi connectivity index (χ3v) is 7.11. The van der Waals surface area contributed by atoms with Gasteiger partial charge in [-0.2, -0.15) is 0 Å². The van der Waals surface area contributed by atoms with E-state index >= 15 is 0 Å². The van der Waals surface area contributed by atoms with E-state index in [-0.39, 0.29) is 0 Å². The number of nitrogens with zero attached hydrogens (tertiary/aromatic N) is 3. The summed E-state index contributed by atoms with van der Waals surface area (Å²) in [6.45, 7) is 3.16. The van der Waals surface area contributed by atoms with Crippen LogP contribution < -0.4 is 0 Å². The number of carbonyl (C=O) groups is 1. The maximum atomic E-state index is 11.5. The highest BCUT2D eigenvalue weighted by Crippen LogP contribution is 2.37. The third kappa shape index (κ3) is 4.24. The number of aromatic carboxylic acids is 1. The lowest BCUT2D eigenvalue weighted by Gasteiger charge is -2.33. The summed E-state index contributed by atoms with van der Waals surface area (Å²) in [5.74, 6) is 0.739. The average Bonchev–Trinajstić information content (AvgIpc) is 3.19. The number of carboxylic acids is 1. The maximum Gasteiger partial charge on any atom is 0.335 e. The largest absolute Gasteiger partial charge is 0.478 e. The predicted molar refractivity (Wildman–Crippen MR) is 123 cm³/mol. The van der Waals surface area contributed by atoms with Gasteiger partial charge in [0.25, 0.3) is 0 Å². The van der Waals surface area contributed by atoms with E-state index in [1.165, 1.54) is 43.5 Å². The highest BCUT2D eigenvalue weighted by molar-refractivity contribution is 5.92. The van der Waals surface area contributed by atoms with Crippen LogP contribution in [0.5, 0.6) is 0 Å². The monoisotopic (exact) mass is 417 g/mol. The van der Waals surface area contributed by atoms with Crippen LogP contribution in [0.4, 0.5) is 0 Å². The van der Waals surface area contributed by atoms with E-state index in [4.69, 9.17) is 4.98 Å². The van der Waals surface area contributed by atoms with Gasteiger partial charge in [0.2, 0.25) is 0 Å². The number of benzene rings is 2. The molecule has 3 aromatic rings. The molecule has 1 aliphatic carbocycles. The maximum absolute atomic E-state index is 11.5. The third-order valence-electron chi connectivity index (χ3n) is 7.11.